The van der Waals surface area contributed by atoms with Gasteiger partial charge in [-0.15, -0.1) is 0 Å². The van der Waals surface area contributed by atoms with Gasteiger partial charge >= 0.3 is 0 Å². The summed E-state index contributed by atoms with van der Waals surface area (Å²) in [5, 5.41) is 12.8. The lowest BCUT2D eigenvalue weighted by Gasteiger charge is -2.17. The summed E-state index contributed by atoms with van der Waals surface area (Å²) < 4.78 is 0. The van der Waals surface area contributed by atoms with E-state index in [9.17, 15) is 5.11 Å². The fraction of sp³-hybridized carbons (Fsp3) is 0.636. The number of hydrogen-bond donors (Lipinski definition) is 2. The number of nitrogens with one attached hydrogen (secondary N) is 1. The summed E-state index contributed by atoms with van der Waals surface area (Å²) in [6.07, 6.45) is 2.33. The summed E-state index contributed by atoms with van der Waals surface area (Å²) in [6, 6.07) is 1.84. The molecule has 2 atom stereocenters. The summed E-state index contributed by atoms with van der Waals surface area (Å²) >= 11 is 0. The number of aliphatic hydroxyl groups is 1. The fourth-order valence-electron chi connectivity index (χ4n) is 1.20. The third-order valence-electron chi connectivity index (χ3n) is 2.56. The fourth-order valence-corrected chi connectivity index (χ4v) is 1.20. The lowest BCUT2D eigenvalue weighted by Crippen LogP contribution is -2.26. The smallest absolute Gasteiger partial charge is 0.222 e. The van der Waals surface area contributed by atoms with Gasteiger partial charge in [0.05, 0.1) is 6.10 Å². The quantitative estimate of drug-likeness (QED) is 0.773. The van der Waals surface area contributed by atoms with Crippen LogP contribution >= 0.6 is 0 Å². The molecule has 0 bridgehead atoms. The second-order valence-corrected chi connectivity index (χ2v) is 3.86. The molecule has 0 aliphatic rings. The summed E-state index contributed by atoms with van der Waals surface area (Å²) in [7, 11) is 0. The van der Waals surface area contributed by atoms with E-state index in [2.05, 4.69) is 22.2 Å². The Morgan fingerprint density at radius 3 is 2.87 bits per heavy atom. The molecule has 0 fully saturated rings. The minimum Gasteiger partial charge on any atom is -0.391 e. The van der Waals surface area contributed by atoms with Gasteiger partial charge in [0.2, 0.25) is 5.95 Å². The number of aromatic nitrogens is 2. The molecule has 1 heterocycles. The zero-order chi connectivity index (χ0) is 11.3. The van der Waals surface area contributed by atoms with Gasteiger partial charge in [-0.2, -0.15) is 0 Å². The molecule has 0 radical (unpaired) electrons. The first-order valence-corrected chi connectivity index (χ1v) is 5.35. The van der Waals surface area contributed by atoms with E-state index in [1.807, 2.05) is 19.9 Å². The first-order valence-electron chi connectivity index (χ1n) is 5.35. The van der Waals surface area contributed by atoms with Crippen LogP contribution in [0.15, 0.2) is 12.3 Å². The molecule has 2 N–H and O–H groups in total. The Balaban J connectivity index is 2.43. The van der Waals surface area contributed by atoms with Crippen LogP contribution in [-0.4, -0.2) is 27.7 Å². The molecular formula is C11H19N3O. The minimum absolute atomic E-state index is 0.294. The first-order chi connectivity index (χ1) is 7.13. The number of hydrogen-bond acceptors (Lipinski definition) is 4. The van der Waals surface area contributed by atoms with Crippen LogP contribution < -0.4 is 5.32 Å². The number of aryl methyl sites for hydroxylation is 1. The number of rotatable bonds is 5. The number of aliphatic hydroxyl groups excluding tert-OH is 1. The van der Waals surface area contributed by atoms with E-state index >= 15 is 0 Å². The van der Waals surface area contributed by atoms with Crippen molar-refractivity contribution in [2.24, 2.45) is 5.92 Å². The van der Waals surface area contributed by atoms with Gasteiger partial charge in [-0.25, -0.2) is 9.97 Å². The molecule has 15 heavy (non-hydrogen) atoms. The van der Waals surface area contributed by atoms with Crippen LogP contribution in [0.25, 0.3) is 0 Å². The minimum atomic E-state index is -0.348. The molecule has 1 aromatic rings. The summed E-state index contributed by atoms with van der Waals surface area (Å²) in [5.74, 6) is 0.875. The zero-order valence-electron chi connectivity index (χ0n) is 9.57. The van der Waals surface area contributed by atoms with Gasteiger partial charge in [-0.3, -0.25) is 0 Å². The van der Waals surface area contributed by atoms with Crippen LogP contribution in [0.1, 0.15) is 26.0 Å². The Hall–Kier alpha value is -1.16. The Morgan fingerprint density at radius 1 is 1.53 bits per heavy atom. The molecule has 0 spiro atoms. The molecule has 0 saturated carbocycles. The highest BCUT2D eigenvalue weighted by Gasteiger charge is 2.11. The van der Waals surface area contributed by atoms with Gasteiger partial charge in [0.25, 0.3) is 0 Å². The molecule has 0 aliphatic heterocycles. The van der Waals surface area contributed by atoms with Crippen LogP contribution in [-0.2, 0) is 0 Å². The summed E-state index contributed by atoms with van der Waals surface area (Å²) in [4.78, 5) is 8.26. The maximum absolute atomic E-state index is 9.73. The topological polar surface area (TPSA) is 58.0 Å². The molecule has 1 aromatic heterocycles. The highest BCUT2D eigenvalue weighted by Crippen LogP contribution is 2.08. The molecule has 4 heteroatoms. The van der Waals surface area contributed by atoms with Crippen LogP contribution in [0.3, 0.4) is 0 Å². The average Bonchev–Trinajstić information content (AvgIpc) is 2.25. The van der Waals surface area contributed by atoms with Crippen molar-refractivity contribution in [3.05, 3.63) is 18.0 Å². The van der Waals surface area contributed by atoms with Crippen molar-refractivity contribution in [3.63, 3.8) is 0 Å². The van der Waals surface area contributed by atoms with Gasteiger partial charge in [0.15, 0.2) is 0 Å². The van der Waals surface area contributed by atoms with Gasteiger partial charge < -0.3 is 10.4 Å². The van der Waals surface area contributed by atoms with Gasteiger partial charge in [0, 0.05) is 18.4 Å². The van der Waals surface area contributed by atoms with Crippen molar-refractivity contribution in [2.75, 3.05) is 11.9 Å². The van der Waals surface area contributed by atoms with E-state index in [4.69, 9.17) is 0 Å². The summed E-state index contributed by atoms with van der Waals surface area (Å²) in [6.45, 7) is 6.51. The predicted octanol–water partition coefficient (Wildman–Crippen LogP) is 1.60. The van der Waals surface area contributed by atoms with E-state index in [1.165, 1.54) is 0 Å². The van der Waals surface area contributed by atoms with Crippen molar-refractivity contribution in [3.8, 4) is 0 Å². The van der Waals surface area contributed by atoms with Crippen molar-refractivity contribution in [1.29, 1.82) is 0 Å². The van der Waals surface area contributed by atoms with Crippen LogP contribution in [0.5, 0.6) is 0 Å². The maximum Gasteiger partial charge on any atom is 0.222 e. The Kier molecular flexibility index (Phi) is 4.49. The van der Waals surface area contributed by atoms with Crippen molar-refractivity contribution in [1.82, 2.24) is 9.97 Å². The largest absolute Gasteiger partial charge is 0.391 e. The lowest BCUT2D eigenvalue weighted by molar-refractivity contribution is 0.126. The van der Waals surface area contributed by atoms with Gasteiger partial charge in [0.1, 0.15) is 0 Å². The highest BCUT2D eigenvalue weighted by atomic mass is 16.3. The summed E-state index contributed by atoms with van der Waals surface area (Å²) in [5.41, 5.74) is 0.922. The molecule has 2 unspecified atom stereocenters. The zero-order valence-corrected chi connectivity index (χ0v) is 9.57. The Bertz CT molecular complexity index is 304. The molecule has 0 amide bonds. The maximum atomic E-state index is 9.73. The first kappa shape index (κ1) is 11.9. The second kappa shape index (κ2) is 5.66. The van der Waals surface area contributed by atoms with Crippen molar-refractivity contribution >= 4 is 5.95 Å². The average molecular weight is 209 g/mol. The predicted molar refractivity (Wildman–Crippen MR) is 60.7 cm³/mol. The van der Waals surface area contributed by atoms with Crippen LogP contribution in [0.2, 0.25) is 0 Å². The van der Waals surface area contributed by atoms with E-state index in [0.717, 1.165) is 12.1 Å². The molecule has 4 nitrogen and oxygen atoms in total. The third kappa shape index (κ3) is 3.83. The Morgan fingerprint density at radius 2 is 2.27 bits per heavy atom. The molecule has 84 valence electrons. The van der Waals surface area contributed by atoms with E-state index in [0.29, 0.717) is 18.4 Å². The van der Waals surface area contributed by atoms with Crippen molar-refractivity contribution in [2.45, 2.75) is 33.3 Å². The standard InChI is InChI=1S/C11H19N3O/c1-4-8(2)10(15)7-13-11-12-6-5-9(3)14-11/h5-6,8,10,15H,4,7H2,1-3H3,(H,12,13,14). The number of anilines is 1. The SMILES string of the molecule is CCC(C)C(O)CNc1nccc(C)n1. The van der Waals surface area contributed by atoms with Gasteiger partial charge in [-0.05, 0) is 18.9 Å². The molecule has 0 aromatic carbocycles. The second-order valence-electron chi connectivity index (χ2n) is 3.86. The Labute approximate surface area is 90.8 Å². The van der Waals surface area contributed by atoms with Crippen LogP contribution in [0, 0.1) is 12.8 Å². The van der Waals surface area contributed by atoms with Gasteiger partial charge in [-0.1, -0.05) is 20.3 Å². The van der Waals surface area contributed by atoms with E-state index in [-0.39, 0.29) is 6.10 Å². The third-order valence-corrected chi connectivity index (χ3v) is 2.56. The van der Waals surface area contributed by atoms with Crippen LogP contribution in [0.4, 0.5) is 5.95 Å². The van der Waals surface area contributed by atoms with Crippen molar-refractivity contribution < 1.29 is 5.11 Å². The highest BCUT2D eigenvalue weighted by molar-refractivity contribution is 5.24. The molecule has 0 saturated heterocycles. The number of nitrogens with zero attached hydrogens (tertiary/aromatic N) is 2. The normalized spacial score (nSPS) is 14.7. The molecule has 1 rings (SSSR count). The van der Waals surface area contributed by atoms with E-state index in [1.54, 1.807) is 6.20 Å². The molecule has 0 aliphatic carbocycles. The monoisotopic (exact) mass is 209 g/mol. The lowest BCUT2D eigenvalue weighted by atomic mass is 10.0. The molecular weight excluding hydrogens is 190 g/mol. The van der Waals surface area contributed by atoms with E-state index < -0.39 is 0 Å².